The normalized spacial score (nSPS) is 15.7. The van der Waals surface area contributed by atoms with Crippen molar-refractivity contribution in [3.05, 3.63) is 48.5 Å². The summed E-state index contributed by atoms with van der Waals surface area (Å²) >= 11 is 0. The maximum atomic E-state index is 12.6. The Balaban J connectivity index is 1.41. The van der Waals surface area contributed by atoms with E-state index in [1.165, 1.54) is 6.92 Å². The number of pyridine rings is 1. The van der Waals surface area contributed by atoms with Crippen LogP contribution in [0.1, 0.15) is 63.6 Å². The molecule has 0 atom stereocenters. The standard InChI is InChI=1S/C22H27N7O3/c1-16(30)27-22(11-4-2-3-5-12-22)21-26-19(32-28-21)10-9-18(31)25-17-8-6-13-23-20(17)29-15-7-14-24-29/h6-8,13-15H,2-5,9-12H2,1H3,(H,25,31)(H,27,30). The highest BCUT2D eigenvalue weighted by Gasteiger charge is 2.38. The lowest BCUT2D eigenvalue weighted by Gasteiger charge is -2.30. The molecule has 10 nitrogen and oxygen atoms in total. The molecule has 0 unspecified atom stereocenters. The van der Waals surface area contributed by atoms with Gasteiger partial charge in [-0.3, -0.25) is 9.59 Å². The summed E-state index contributed by atoms with van der Waals surface area (Å²) < 4.78 is 7.02. The molecular formula is C22H27N7O3. The quantitative estimate of drug-likeness (QED) is 0.544. The molecule has 1 fully saturated rings. The molecule has 10 heteroatoms. The summed E-state index contributed by atoms with van der Waals surface area (Å²) in [7, 11) is 0. The third-order valence-electron chi connectivity index (χ3n) is 5.62. The lowest BCUT2D eigenvalue weighted by atomic mass is 9.89. The van der Waals surface area contributed by atoms with Gasteiger partial charge >= 0.3 is 0 Å². The van der Waals surface area contributed by atoms with Gasteiger partial charge in [0.1, 0.15) is 5.54 Å². The van der Waals surface area contributed by atoms with E-state index in [0.717, 1.165) is 38.5 Å². The Labute approximate surface area is 185 Å². The molecule has 1 saturated carbocycles. The van der Waals surface area contributed by atoms with Gasteiger partial charge in [0.25, 0.3) is 0 Å². The number of rotatable bonds is 7. The average Bonchev–Trinajstić information content (AvgIpc) is 3.43. The van der Waals surface area contributed by atoms with Crippen molar-refractivity contribution in [2.75, 3.05) is 5.32 Å². The molecule has 3 heterocycles. The van der Waals surface area contributed by atoms with E-state index in [-0.39, 0.29) is 18.2 Å². The van der Waals surface area contributed by atoms with Crippen molar-refractivity contribution < 1.29 is 14.1 Å². The van der Waals surface area contributed by atoms with Crippen molar-refractivity contribution in [1.82, 2.24) is 30.2 Å². The number of carbonyl (C=O) groups is 2. The topological polar surface area (TPSA) is 128 Å². The second-order valence-corrected chi connectivity index (χ2v) is 8.06. The molecule has 4 rings (SSSR count). The number of anilines is 1. The third-order valence-corrected chi connectivity index (χ3v) is 5.62. The Bertz CT molecular complexity index is 1050. The molecule has 0 radical (unpaired) electrons. The van der Waals surface area contributed by atoms with Crippen LogP contribution in [0.4, 0.5) is 5.69 Å². The first kappa shape index (κ1) is 21.7. The molecule has 3 aromatic heterocycles. The predicted molar refractivity (Wildman–Crippen MR) is 116 cm³/mol. The molecule has 0 aromatic carbocycles. The average molecular weight is 438 g/mol. The van der Waals surface area contributed by atoms with Crippen LogP contribution in [0.5, 0.6) is 0 Å². The Morgan fingerprint density at radius 2 is 1.97 bits per heavy atom. The van der Waals surface area contributed by atoms with E-state index in [1.807, 2.05) is 0 Å². The lowest BCUT2D eigenvalue weighted by molar-refractivity contribution is -0.121. The van der Waals surface area contributed by atoms with Crippen molar-refractivity contribution in [2.24, 2.45) is 0 Å². The van der Waals surface area contributed by atoms with Crippen LogP contribution < -0.4 is 10.6 Å². The molecule has 0 bridgehead atoms. The van der Waals surface area contributed by atoms with Gasteiger partial charge in [-0.1, -0.05) is 30.8 Å². The van der Waals surface area contributed by atoms with Gasteiger partial charge in [0.2, 0.25) is 17.7 Å². The van der Waals surface area contributed by atoms with Crippen molar-refractivity contribution in [1.29, 1.82) is 0 Å². The number of hydrogen-bond donors (Lipinski definition) is 2. The summed E-state index contributed by atoms with van der Waals surface area (Å²) in [5.74, 6) is 1.11. The zero-order valence-corrected chi connectivity index (χ0v) is 18.1. The van der Waals surface area contributed by atoms with Crippen molar-refractivity contribution >= 4 is 17.5 Å². The van der Waals surface area contributed by atoms with E-state index in [0.29, 0.717) is 29.6 Å². The SMILES string of the molecule is CC(=O)NC1(c2noc(CCC(=O)Nc3cccnc3-n3cccn3)n2)CCCCCC1. The van der Waals surface area contributed by atoms with Crippen LogP contribution in [0.15, 0.2) is 41.3 Å². The van der Waals surface area contributed by atoms with Gasteiger partial charge in [0.05, 0.1) is 5.69 Å². The van der Waals surface area contributed by atoms with E-state index >= 15 is 0 Å². The highest BCUT2D eigenvalue weighted by Crippen LogP contribution is 2.34. The van der Waals surface area contributed by atoms with Gasteiger partial charge in [-0.15, -0.1) is 0 Å². The Morgan fingerprint density at radius 1 is 1.16 bits per heavy atom. The monoisotopic (exact) mass is 437 g/mol. The summed E-state index contributed by atoms with van der Waals surface area (Å²) in [6.45, 7) is 1.51. The van der Waals surface area contributed by atoms with E-state index in [2.05, 4.69) is 30.9 Å². The third kappa shape index (κ3) is 5.01. The lowest BCUT2D eigenvalue weighted by Crippen LogP contribution is -2.45. The van der Waals surface area contributed by atoms with Crippen LogP contribution in [0.25, 0.3) is 5.82 Å². The van der Waals surface area contributed by atoms with Crippen molar-refractivity contribution in [3.8, 4) is 5.82 Å². The molecule has 168 valence electrons. The summed E-state index contributed by atoms with van der Waals surface area (Å²) in [5, 5.41) is 14.3. The molecular weight excluding hydrogens is 410 g/mol. The van der Waals surface area contributed by atoms with Gasteiger partial charge in [0.15, 0.2) is 11.6 Å². The maximum Gasteiger partial charge on any atom is 0.227 e. The smallest absolute Gasteiger partial charge is 0.227 e. The molecule has 3 aromatic rings. The molecule has 2 amide bonds. The first-order chi connectivity index (χ1) is 15.6. The molecule has 1 aliphatic carbocycles. The second-order valence-electron chi connectivity index (χ2n) is 8.06. The zero-order chi connectivity index (χ0) is 22.4. The minimum absolute atomic E-state index is 0.109. The van der Waals surface area contributed by atoms with Crippen molar-refractivity contribution in [3.63, 3.8) is 0 Å². The van der Waals surface area contributed by atoms with Crippen LogP contribution in [0.2, 0.25) is 0 Å². The first-order valence-corrected chi connectivity index (χ1v) is 10.9. The fourth-order valence-corrected chi connectivity index (χ4v) is 4.13. The van der Waals surface area contributed by atoms with Gasteiger partial charge in [-0.2, -0.15) is 10.1 Å². The molecule has 1 aliphatic rings. The Kier molecular flexibility index (Phi) is 6.58. The summed E-state index contributed by atoms with van der Waals surface area (Å²) in [6.07, 6.45) is 11.3. The summed E-state index contributed by atoms with van der Waals surface area (Å²) in [6, 6.07) is 5.31. The van der Waals surface area contributed by atoms with Gasteiger partial charge < -0.3 is 15.2 Å². The number of nitrogens with one attached hydrogen (secondary N) is 2. The number of aromatic nitrogens is 5. The highest BCUT2D eigenvalue weighted by molar-refractivity contribution is 5.92. The van der Waals surface area contributed by atoms with Gasteiger partial charge in [-0.25, -0.2) is 9.67 Å². The molecule has 0 aliphatic heterocycles. The first-order valence-electron chi connectivity index (χ1n) is 10.9. The van der Waals surface area contributed by atoms with Crippen LogP contribution in [-0.2, 0) is 21.5 Å². The van der Waals surface area contributed by atoms with Crippen LogP contribution in [0.3, 0.4) is 0 Å². The van der Waals surface area contributed by atoms with Crippen LogP contribution in [0, 0.1) is 0 Å². The largest absolute Gasteiger partial charge is 0.343 e. The van der Waals surface area contributed by atoms with Gasteiger partial charge in [0, 0.05) is 38.4 Å². The minimum atomic E-state index is -0.597. The number of hydrogen-bond acceptors (Lipinski definition) is 7. The molecule has 0 spiro atoms. The summed E-state index contributed by atoms with van der Waals surface area (Å²) in [4.78, 5) is 33.2. The predicted octanol–water partition coefficient (Wildman–Crippen LogP) is 2.91. The zero-order valence-electron chi connectivity index (χ0n) is 18.1. The number of aryl methyl sites for hydroxylation is 1. The Hall–Kier alpha value is -3.56. The second kappa shape index (κ2) is 9.71. The van der Waals surface area contributed by atoms with E-state index in [9.17, 15) is 9.59 Å². The molecule has 32 heavy (non-hydrogen) atoms. The molecule has 0 saturated heterocycles. The highest BCUT2D eigenvalue weighted by atomic mass is 16.5. The maximum absolute atomic E-state index is 12.6. The fraction of sp³-hybridized carbons (Fsp3) is 0.455. The van der Waals surface area contributed by atoms with Gasteiger partial charge in [-0.05, 0) is 31.0 Å². The van der Waals surface area contributed by atoms with Crippen LogP contribution in [-0.4, -0.2) is 36.7 Å². The number of nitrogens with zero attached hydrogens (tertiary/aromatic N) is 5. The summed E-state index contributed by atoms with van der Waals surface area (Å²) in [5.41, 5.74) is -0.0312. The van der Waals surface area contributed by atoms with Crippen molar-refractivity contribution in [2.45, 2.75) is 63.8 Å². The van der Waals surface area contributed by atoms with E-state index in [1.54, 1.807) is 41.5 Å². The number of amides is 2. The molecule has 2 N–H and O–H groups in total. The van der Waals surface area contributed by atoms with E-state index < -0.39 is 5.54 Å². The van der Waals surface area contributed by atoms with E-state index in [4.69, 9.17) is 4.52 Å². The number of carbonyl (C=O) groups excluding carboxylic acids is 2. The van der Waals surface area contributed by atoms with Crippen LogP contribution >= 0.6 is 0 Å². The minimum Gasteiger partial charge on any atom is -0.343 e. The fourth-order valence-electron chi connectivity index (χ4n) is 4.13. The Morgan fingerprint density at radius 3 is 2.69 bits per heavy atom.